The molecular formula is C11H14F6N2S3. The normalized spacial score (nSPS) is 12.9. The minimum atomic E-state index is -4.27. The molecule has 128 valence electrons. The molecule has 0 N–H and O–H groups in total. The Labute approximate surface area is 139 Å². The van der Waals surface area contributed by atoms with Gasteiger partial charge in [-0.3, -0.25) is 0 Å². The first-order chi connectivity index (χ1) is 9.92. The maximum Gasteiger partial charge on any atom is 0.389 e. The van der Waals surface area contributed by atoms with E-state index in [-0.39, 0.29) is 40.8 Å². The van der Waals surface area contributed by atoms with Crippen molar-refractivity contribution in [2.24, 2.45) is 0 Å². The van der Waals surface area contributed by atoms with Crippen molar-refractivity contribution in [3.05, 3.63) is 4.77 Å². The summed E-state index contributed by atoms with van der Waals surface area (Å²) in [6.07, 6.45) is -10.8. The fraction of sp³-hybridized carbons (Fsp3) is 0.727. The van der Waals surface area contributed by atoms with Gasteiger partial charge in [0.25, 0.3) is 0 Å². The Morgan fingerprint density at radius 1 is 0.773 bits per heavy atom. The molecule has 1 aromatic rings. The highest BCUT2D eigenvalue weighted by atomic mass is 32.1. The molecule has 2 nitrogen and oxygen atoms in total. The number of rotatable bonds is 6. The Morgan fingerprint density at radius 2 is 1.09 bits per heavy atom. The second kappa shape index (κ2) is 7.52. The van der Waals surface area contributed by atoms with Gasteiger partial charge in [0, 0.05) is 25.9 Å². The van der Waals surface area contributed by atoms with Crippen molar-refractivity contribution >= 4 is 37.5 Å². The van der Waals surface area contributed by atoms with E-state index in [1.165, 1.54) is 9.13 Å². The molecule has 0 amide bonds. The molecule has 0 radical (unpaired) electrons. The van der Waals surface area contributed by atoms with Crippen LogP contribution in [-0.2, 0) is 13.1 Å². The minimum absolute atomic E-state index is 0.0169. The third-order valence-electron chi connectivity index (χ3n) is 2.86. The van der Waals surface area contributed by atoms with Crippen LogP contribution in [0.2, 0.25) is 0 Å². The lowest BCUT2D eigenvalue weighted by Gasteiger charge is -2.08. The van der Waals surface area contributed by atoms with E-state index in [4.69, 9.17) is 12.2 Å². The largest absolute Gasteiger partial charge is 0.389 e. The van der Waals surface area contributed by atoms with Gasteiger partial charge in [0.2, 0.25) is 0 Å². The first kappa shape index (κ1) is 19.8. The fourth-order valence-electron chi connectivity index (χ4n) is 1.85. The molecule has 0 bridgehead atoms. The highest BCUT2D eigenvalue weighted by molar-refractivity contribution is 7.83. The molecule has 0 aliphatic rings. The summed E-state index contributed by atoms with van der Waals surface area (Å²) in [5.74, 6) is 0. The van der Waals surface area contributed by atoms with Gasteiger partial charge in [-0.2, -0.15) is 26.3 Å². The first-order valence-electron chi connectivity index (χ1n) is 6.27. The Kier molecular flexibility index (Phi) is 6.75. The lowest BCUT2D eigenvalue weighted by molar-refractivity contribution is -0.136. The number of alkyl halides is 6. The summed E-state index contributed by atoms with van der Waals surface area (Å²) in [4.78, 5) is 0. The predicted octanol–water partition coefficient (Wildman–Crippen LogP) is 5.28. The number of imidazole rings is 1. The molecule has 1 heterocycles. The molecule has 22 heavy (non-hydrogen) atoms. The summed E-state index contributed by atoms with van der Waals surface area (Å²) in [6.45, 7) is -0.0337. The van der Waals surface area contributed by atoms with Crippen LogP contribution in [0, 0.1) is 4.77 Å². The van der Waals surface area contributed by atoms with Gasteiger partial charge in [0.05, 0.1) is 0 Å². The summed E-state index contributed by atoms with van der Waals surface area (Å²) < 4.78 is 75.7. The zero-order valence-electron chi connectivity index (χ0n) is 11.2. The summed E-state index contributed by atoms with van der Waals surface area (Å²) >= 11 is 13.3. The number of hydrogen-bond acceptors (Lipinski definition) is 3. The van der Waals surface area contributed by atoms with E-state index in [2.05, 4.69) is 25.3 Å². The van der Waals surface area contributed by atoms with Crippen LogP contribution in [0.5, 0.6) is 0 Å². The summed E-state index contributed by atoms with van der Waals surface area (Å²) in [7, 11) is 0. The van der Waals surface area contributed by atoms with E-state index in [1.807, 2.05) is 0 Å². The zero-order chi connectivity index (χ0) is 17.1. The summed E-state index contributed by atoms with van der Waals surface area (Å²) in [5.41, 5.74) is 0. The smallest absolute Gasteiger partial charge is 0.311 e. The molecule has 0 saturated heterocycles. The number of hydrogen-bond donors (Lipinski definition) is 2. The predicted molar refractivity (Wildman–Crippen MR) is 78.3 cm³/mol. The van der Waals surface area contributed by atoms with Crippen molar-refractivity contribution in [1.29, 1.82) is 0 Å². The number of halogens is 6. The van der Waals surface area contributed by atoms with E-state index in [0.29, 0.717) is 0 Å². The van der Waals surface area contributed by atoms with E-state index in [0.717, 1.165) is 0 Å². The highest BCUT2D eigenvalue weighted by Gasteiger charge is 2.27. The molecule has 1 rings (SSSR count). The van der Waals surface area contributed by atoms with Crippen molar-refractivity contribution in [1.82, 2.24) is 9.13 Å². The minimum Gasteiger partial charge on any atom is -0.311 e. The lowest BCUT2D eigenvalue weighted by Crippen LogP contribution is -2.11. The van der Waals surface area contributed by atoms with Crippen LogP contribution in [-0.4, -0.2) is 21.5 Å². The van der Waals surface area contributed by atoms with Crippen molar-refractivity contribution in [2.75, 3.05) is 0 Å². The van der Waals surface area contributed by atoms with E-state index in [1.54, 1.807) is 0 Å². The van der Waals surface area contributed by atoms with Crippen LogP contribution in [0.15, 0.2) is 10.1 Å². The van der Waals surface area contributed by atoms with Crippen LogP contribution in [0.1, 0.15) is 25.7 Å². The zero-order valence-corrected chi connectivity index (χ0v) is 13.8. The van der Waals surface area contributed by atoms with E-state index >= 15 is 0 Å². The Hall–Kier alpha value is -0.290. The second-order valence-electron chi connectivity index (χ2n) is 4.67. The van der Waals surface area contributed by atoms with Crippen LogP contribution < -0.4 is 0 Å². The molecule has 0 fully saturated rings. The van der Waals surface area contributed by atoms with Gasteiger partial charge in [-0.25, -0.2) is 0 Å². The van der Waals surface area contributed by atoms with Gasteiger partial charge < -0.3 is 9.13 Å². The van der Waals surface area contributed by atoms with Crippen LogP contribution in [0.3, 0.4) is 0 Å². The molecule has 0 atom stereocenters. The summed E-state index contributed by atoms with van der Waals surface area (Å²) in [5, 5.41) is 0.505. The molecule has 0 unspecified atom stereocenters. The van der Waals surface area contributed by atoms with Gasteiger partial charge >= 0.3 is 12.4 Å². The second-order valence-corrected chi connectivity index (χ2v) is 5.88. The standard InChI is InChI=1S/C11H14F6N2S3/c12-10(13,14)3-1-5-18-7(20)8(21)19(9(18)22)6-2-4-11(15,16)17/h20-21H,1-6H2. The fourth-order valence-corrected chi connectivity index (χ4v) is 2.98. The lowest BCUT2D eigenvalue weighted by atomic mass is 10.3. The molecule has 0 aliphatic heterocycles. The van der Waals surface area contributed by atoms with Gasteiger partial charge in [0.15, 0.2) is 4.77 Å². The van der Waals surface area contributed by atoms with Crippen molar-refractivity contribution in [3.63, 3.8) is 0 Å². The molecular weight excluding hydrogens is 370 g/mol. The Bertz CT molecular complexity index is 511. The van der Waals surface area contributed by atoms with Crippen molar-refractivity contribution in [3.8, 4) is 0 Å². The van der Waals surface area contributed by atoms with Gasteiger partial charge in [0.1, 0.15) is 10.1 Å². The molecule has 0 aliphatic carbocycles. The monoisotopic (exact) mass is 384 g/mol. The van der Waals surface area contributed by atoms with Crippen LogP contribution in [0.4, 0.5) is 26.3 Å². The number of aromatic nitrogens is 2. The first-order valence-corrected chi connectivity index (χ1v) is 7.57. The molecule has 1 aromatic heterocycles. The Morgan fingerprint density at radius 3 is 1.36 bits per heavy atom. The summed E-state index contributed by atoms with van der Waals surface area (Å²) in [6, 6.07) is 0. The van der Waals surface area contributed by atoms with Gasteiger partial charge in [-0.15, -0.1) is 25.3 Å². The maximum atomic E-state index is 12.1. The van der Waals surface area contributed by atoms with Gasteiger partial charge in [-0.1, -0.05) is 0 Å². The Balaban J connectivity index is 2.77. The average Bonchev–Trinajstić information content (AvgIpc) is 2.52. The molecule has 0 aromatic carbocycles. The van der Waals surface area contributed by atoms with E-state index < -0.39 is 25.2 Å². The third kappa shape index (κ3) is 6.07. The maximum absolute atomic E-state index is 12.1. The number of thiol groups is 2. The SMILES string of the molecule is FC(F)(F)CCCn1c(S)c(S)n(CCCC(F)(F)F)c1=S. The van der Waals surface area contributed by atoms with Crippen molar-refractivity contribution < 1.29 is 26.3 Å². The third-order valence-corrected chi connectivity index (χ3v) is 4.38. The molecule has 0 saturated carbocycles. The molecule has 11 heteroatoms. The van der Waals surface area contributed by atoms with Gasteiger partial charge in [-0.05, 0) is 25.1 Å². The van der Waals surface area contributed by atoms with Crippen molar-refractivity contribution in [2.45, 2.75) is 61.2 Å². The van der Waals surface area contributed by atoms with Crippen LogP contribution in [0.25, 0.3) is 0 Å². The van der Waals surface area contributed by atoms with Crippen LogP contribution >= 0.6 is 37.5 Å². The topological polar surface area (TPSA) is 9.86 Å². The quantitative estimate of drug-likeness (QED) is 0.386. The van der Waals surface area contributed by atoms with E-state index in [9.17, 15) is 26.3 Å². The molecule has 0 spiro atoms. The average molecular weight is 384 g/mol. The highest BCUT2D eigenvalue weighted by Crippen LogP contribution is 2.27. The number of nitrogens with zero attached hydrogens (tertiary/aromatic N) is 2.